The first-order chi connectivity index (χ1) is 9.52. The normalized spacial score (nSPS) is 10.2. The molecule has 0 spiro atoms. The lowest BCUT2D eigenvalue weighted by atomic mass is 10.0. The monoisotopic (exact) mass is 289 g/mol. The molecule has 1 N–H and O–H groups in total. The molecule has 0 aliphatic carbocycles. The molecule has 0 saturated carbocycles. The third-order valence-electron chi connectivity index (χ3n) is 2.85. The molecule has 0 bridgehead atoms. The summed E-state index contributed by atoms with van der Waals surface area (Å²) in [6, 6.07) is 11.7. The van der Waals surface area contributed by atoms with Crippen molar-refractivity contribution in [3.63, 3.8) is 0 Å². The van der Waals surface area contributed by atoms with Gasteiger partial charge in [0.15, 0.2) is 0 Å². The van der Waals surface area contributed by atoms with Gasteiger partial charge in [-0.25, -0.2) is 4.79 Å². The number of aromatic carboxylic acids is 1. The maximum atomic E-state index is 11.0. The van der Waals surface area contributed by atoms with Crippen molar-refractivity contribution in [3.8, 4) is 11.1 Å². The second-order valence-corrected chi connectivity index (χ2v) is 4.90. The second kappa shape index (κ2) is 5.75. The fourth-order valence-electron chi connectivity index (χ4n) is 1.83. The van der Waals surface area contributed by atoms with Gasteiger partial charge in [-0.05, 0) is 35.6 Å². The predicted molar refractivity (Wildman–Crippen MR) is 77.3 cm³/mol. The fourth-order valence-corrected chi connectivity index (χ4v) is 2.23. The number of benzene rings is 2. The van der Waals surface area contributed by atoms with Gasteiger partial charge in [-0.2, -0.15) is 0 Å². The molecule has 2 rings (SSSR count). The first-order valence-electron chi connectivity index (χ1n) is 5.69. The summed E-state index contributed by atoms with van der Waals surface area (Å²) in [5.41, 5.74) is 0.723. The van der Waals surface area contributed by atoms with E-state index in [1.165, 1.54) is 12.1 Å². The number of hydrogen-bond acceptors (Lipinski definition) is 4. The van der Waals surface area contributed by atoms with Crippen molar-refractivity contribution in [1.29, 1.82) is 0 Å². The molecule has 20 heavy (non-hydrogen) atoms. The summed E-state index contributed by atoms with van der Waals surface area (Å²) in [6.07, 6.45) is 1.96. The zero-order chi connectivity index (χ0) is 14.7. The molecular formula is C14H11NO4S. The van der Waals surface area contributed by atoms with E-state index < -0.39 is 16.6 Å². The van der Waals surface area contributed by atoms with Crippen LogP contribution < -0.4 is 0 Å². The van der Waals surface area contributed by atoms with Crippen molar-refractivity contribution in [2.45, 2.75) is 4.90 Å². The molecule has 2 aromatic rings. The molecule has 0 amide bonds. The Hall–Kier alpha value is -2.34. The van der Waals surface area contributed by atoms with Crippen LogP contribution in [0.4, 0.5) is 5.69 Å². The summed E-state index contributed by atoms with van der Waals surface area (Å²) < 4.78 is 0. The highest BCUT2D eigenvalue weighted by atomic mass is 32.2. The van der Waals surface area contributed by atoms with Crippen molar-refractivity contribution in [2.24, 2.45) is 0 Å². The standard InChI is InChI=1S/C14H11NO4S/c1-20-11-5-2-9(3-6-11)10-4-7-12(14(16)17)13(8-10)15(18)19/h2-8H,1H3,(H,16,17). The maximum Gasteiger partial charge on any atom is 0.342 e. The van der Waals surface area contributed by atoms with Crippen molar-refractivity contribution in [3.05, 3.63) is 58.1 Å². The molecule has 0 aliphatic heterocycles. The number of nitro benzene ring substituents is 1. The SMILES string of the molecule is CSc1ccc(-c2ccc(C(=O)O)c([N+](=O)[O-])c2)cc1. The van der Waals surface area contributed by atoms with Gasteiger partial charge in [0.2, 0.25) is 0 Å². The van der Waals surface area contributed by atoms with Crippen LogP contribution in [0.15, 0.2) is 47.4 Å². The highest BCUT2D eigenvalue weighted by Gasteiger charge is 2.20. The summed E-state index contributed by atoms with van der Waals surface area (Å²) in [7, 11) is 0. The Kier molecular flexibility index (Phi) is 4.05. The quantitative estimate of drug-likeness (QED) is 0.527. The molecular weight excluding hydrogens is 278 g/mol. The number of rotatable bonds is 4. The molecule has 102 valence electrons. The van der Waals surface area contributed by atoms with E-state index in [4.69, 9.17) is 5.11 Å². The summed E-state index contributed by atoms with van der Waals surface area (Å²) >= 11 is 1.60. The number of nitro groups is 1. The zero-order valence-electron chi connectivity index (χ0n) is 10.6. The number of hydrogen-bond donors (Lipinski definition) is 1. The molecule has 5 nitrogen and oxygen atoms in total. The molecule has 6 heteroatoms. The molecule has 0 aliphatic rings. The highest BCUT2D eigenvalue weighted by molar-refractivity contribution is 7.98. The van der Waals surface area contributed by atoms with Gasteiger partial charge in [-0.1, -0.05) is 18.2 Å². The van der Waals surface area contributed by atoms with Crippen LogP contribution in [-0.4, -0.2) is 22.3 Å². The third-order valence-corrected chi connectivity index (χ3v) is 3.59. The average molecular weight is 289 g/mol. The summed E-state index contributed by atoms with van der Waals surface area (Å²) in [5.74, 6) is -1.30. The highest BCUT2D eigenvalue weighted by Crippen LogP contribution is 2.28. The van der Waals surface area contributed by atoms with E-state index in [0.29, 0.717) is 5.56 Å². The van der Waals surface area contributed by atoms with E-state index in [1.807, 2.05) is 30.5 Å². The second-order valence-electron chi connectivity index (χ2n) is 4.02. The van der Waals surface area contributed by atoms with Gasteiger partial charge in [-0.15, -0.1) is 11.8 Å². The van der Waals surface area contributed by atoms with Gasteiger partial charge in [0.1, 0.15) is 5.56 Å². The lowest BCUT2D eigenvalue weighted by Crippen LogP contribution is -2.02. The number of nitrogens with zero attached hydrogens (tertiary/aromatic N) is 1. The van der Waals surface area contributed by atoms with Crippen LogP contribution in [0.3, 0.4) is 0 Å². The number of thioether (sulfide) groups is 1. The van der Waals surface area contributed by atoms with Crippen LogP contribution >= 0.6 is 11.8 Å². The van der Waals surface area contributed by atoms with E-state index >= 15 is 0 Å². The zero-order valence-corrected chi connectivity index (χ0v) is 11.4. The van der Waals surface area contributed by atoms with Crippen molar-refractivity contribution in [2.75, 3.05) is 6.26 Å². The summed E-state index contributed by atoms with van der Waals surface area (Å²) in [4.78, 5) is 22.3. The fraction of sp³-hybridized carbons (Fsp3) is 0.0714. The molecule has 0 aromatic heterocycles. The Balaban J connectivity index is 2.49. The molecule has 0 heterocycles. The van der Waals surface area contributed by atoms with Crippen LogP contribution in [0, 0.1) is 10.1 Å². The van der Waals surface area contributed by atoms with Crippen molar-refractivity contribution < 1.29 is 14.8 Å². The Bertz CT molecular complexity index is 667. The predicted octanol–water partition coefficient (Wildman–Crippen LogP) is 3.68. The smallest absolute Gasteiger partial charge is 0.342 e. The molecule has 0 fully saturated rings. The molecule has 0 atom stereocenters. The van der Waals surface area contributed by atoms with Crippen LogP contribution in [0.5, 0.6) is 0 Å². The summed E-state index contributed by atoms with van der Waals surface area (Å²) in [6.45, 7) is 0. The third kappa shape index (κ3) is 2.80. The van der Waals surface area contributed by atoms with Crippen LogP contribution in [0.1, 0.15) is 10.4 Å². The van der Waals surface area contributed by atoms with Gasteiger partial charge in [0, 0.05) is 11.0 Å². The first-order valence-corrected chi connectivity index (χ1v) is 6.91. The Morgan fingerprint density at radius 3 is 2.25 bits per heavy atom. The lowest BCUT2D eigenvalue weighted by Gasteiger charge is -2.05. The number of carbonyl (C=O) groups is 1. The number of carboxylic acids is 1. The largest absolute Gasteiger partial charge is 0.477 e. The van der Waals surface area contributed by atoms with Gasteiger partial charge in [-0.3, -0.25) is 10.1 Å². The molecule has 0 saturated heterocycles. The molecule has 0 radical (unpaired) electrons. The van der Waals surface area contributed by atoms with Gasteiger partial charge in [0.25, 0.3) is 5.69 Å². The topological polar surface area (TPSA) is 80.4 Å². The Labute approximate surface area is 119 Å². The summed E-state index contributed by atoms with van der Waals surface area (Å²) in [5, 5.41) is 19.9. The first kappa shape index (κ1) is 14.1. The molecule has 0 unspecified atom stereocenters. The minimum Gasteiger partial charge on any atom is -0.477 e. The van der Waals surface area contributed by atoms with E-state index in [2.05, 4.69) is 0 Å². The molecule has 2 aromatic carbocycles. The Morgan fingerprint density at radius 1 is 1.15 bits per heavy atom. The van der Waals surface area contributed by atoms with Crippen LogP contribution in [0.2, 0.25) is 0 Å². The van der Waals surface area contributed by atoms with Crippen LogP contribution in [-0.2, 0) is 0 Å². The lowest BCUT2D eigenvalue weighted by molar-refractivity contribution is -0.385. The van der Waals surface area contributed by atoms with E-state index in [-0.39, 0.29) is 5.56 Å². The van der Waals surface area contributed by atoms with Gasteiger partial charge in [0.05, 0.1) is 4.92 Å². The maximum absolute atomic E-state index is 11.0. The van der Waals surface area contributed by atoms with E-state index in [1.54, 1.807) is 17.8 Å². The van der Waals surface area contributed by atoms with Crippen molar-refractivity contribution in [1.82, 2.24) is 0 Å². The minimum atomic E-state index is -1.30. The van der Waals surface area contributed by atoms with E-state index in [0.717, 1.165) is 10.5 Å². The Morgan fingerprint density at radius 2 is 1.75 bits per heavy atom. The van der Waals surface area contributed by atoms with Gasteiger partial charge >= 0.3 is 5.97 Å². The number of carboxylic acid groups (broad SMARTS) is 1. The average Bonchev–Trinajstić information content (AvgIpc) is 2.46. The van der Waals surface area contributed by atoms with Gasteiger partial charge < -0.3 is 5.11 Å². The van der Waals surface area contributed by atoms with Crippen molar-refractivity contribution >= 4 is 23.4 Å². The van der Waals surface area contributed by atoms with Crippen LogP contribution in [0.25, 0.3) is 11.1 Å². The van der Waals surface area contributed by atoms with E-state index in [9.17, 15) is 14.9 Å². The minimum absolute atomic E-state index is 0.306.